The summed E-state index contributed by atoms with van der Waals surface area (Å²) in [5, 5.41) is 3.45. The third-order valence-electron chi connectivity index (χ3n) is 3.21. The maximum absolute atomic E-state index is 5.86. The van der Waals surface area contributed by atoms with E-state index in [1.165, 1.54) is 5.56 Å². The summed E-state index contributed by atoms with van der Waals surface area (Å²) in [6, 6.07) is 12.4. The van der Waals surface area contributed by atoms with Crippen LogP contribution in [0.3, 0.4) is 0 Å². The molecule has 4 nitrogen and oxygen atoms in total. The van der Waals surface area contributed by atoms with Gasteiger partial charge in [-0.3, -0.25) is 0 Å². The highest BCUT2D eigenvalue weighted by molar-refractivity contribution is 5.46. The molecule has 0 fully saturated rings. The molecule has 3 N–H and O–H groups in total. The highest BCUT2D eigenvalue weighted by Crippen LogP contribution is 2.23. The Bertz CT molecular complexity index is 552. The van der Waals surface area contributed by atoms with Gasteiger partial charge in [-0.25, -0.2) is 9.97 Å². The second kappa shape index (κ2) is 6.37. The Morgan fingerprint density at radius 3 is 2.45 bits per heavy atom. The molecule has 1 aromatic heterocycles. The van der Waals surface area contributed by atoms with Gasteiger partial charge in [0.1, 0.15) is 17.5 Å². The van der Waals surface area contributed by atoms with E-state index in [1.807, 2.05) is 18.2 Å². The van der Waals surface area contributed by atoms with E-state index < -0.39 is 0 Å². The van der Waals surface area contributed by atoms with Gasteiger partial charge >= 0.3 is 0 Å². The summed E-state index contributed by atoms with van der Waals surface area (Å²) in [7, 11) is 0. The minimum Gasteiger partial charge on any atom is -0.384 e. The summed E-state index contributed by atoms with van der Waals surface area (Å²) < 4.78 is 0. The first kappa shape index (κ1) is 14.3. The van der Waals surface area contributed by atoms with Crippen molar-refractivity contribution in [2.24, 2.45) is 0 Å². The molecule has 4 heteroatoms. The Morgan fingerprint density at radius 1 is 1.15 bits per heavy atom. The zero-order valence-corrected chi connectivity index (χ0v) is 12.3. The zero-order chi connectivity index (χ0) is 14.5. The lowest BCUT2D eigenvalue weighted by Gasteiger charge is -2.19. The van der Waals surface area contributed by atoms with Crippen LogP contribution < -0.4 is 11.1 Å². The molecule has 0 aliphatic heterocycles. The summed E-state index contributed by atoms with van der Waals surface area (Å²) in [5.41, 5.74) is 7.11. The van der Waals surface area contributed by atoms with Gasteiger partial charge in [0.25, 0.3) is 0 Å². The normalized spacial score (nSPS) is 12.4. The quantitative estimate of drug-likeness (QED) is 0.868. The molecule has 0 saturated heterocycles. The molecule has 1 unspecified atom stereocenters. The van der Waals surface area contributed by atoms with Crippen molar-refractivity contribution in [3.05, 3.63) is 47.8 Å². The number of nitrogen functional groups attached to an aromatic ring is 1. The van der Waals surface area contributed by atoms with Crippen molar-refractivity contribution in [2.45, 2.75) is 39.2 Å². The molecule has 2 aromatic rings. The van der Waals surface area contributed by atoms with Crippen molar-refractivity contribution in [1.29, 1.82) is 0 Å². The summed E-state index contributed by atoms with van der Waals surface area (Å²) >= 11 is 0. The molecule has 0 aliphatic rings. The second-order valence-electron chi connectivity index (χ2n) is 5.21. The van der Waals surface area contributed by atoms with Crippen molar-refractivity contribution in [1.82, 2.24) is 9.97 Å². The van der Waals surface area contributed by atoms with Crippen LogP contribution in [0.5, 0.6) is 0 Å². The zero-order valence-electron chi connectivity index (χ0n) is 12.3. The molecular formula is C16H22N4. The minimum atomic E-state index is 0.227. The number of anilines is 2. The van der Waals surface area contributed by atoms with Gasteiger partial charge in [0, 0.05) is 12.0 Å². The predicted molar refractivity (Wildman–Crippen MR) is 83.6 cm³/mol. The molecule has 1 aromatic carbocycles. The van der Waals surface area contributed by atoms with Crippen LogP contribution in [0.4, 0.5) is 11.6 Å². The monoisotopic (exact) mass is 270 g/mol. The fraction of sp³-hybridized carbons (Fsp3) is 0.375. The summed E-state index contributed by atoms with van der Waals surface area (Å²) in [6.07, 6.45) is 0.977. The first-order chi connectivity index (χ1) is 9.60. The van der Waals surface area contributed by atoms with Crippen LogP contribution in [0.1, 0.15) is 50.5 Å². The third-order valence-corrected chi connectivity index (χ3v) is 3.21. The number of nitrogens with two attached hydrogens (primary N) is 1. The highest BCUT2D eigenvalue weighted by atomic mass is 15.1. The van der Waals surface area contributed by atoms with Crippen molar-refractivity contribution >= 4 is 11.6 Å². The van der Waals surface area contributed by atoms with E-state index >= 15 is 0 Å². The molecule has 0 amide bonds. The number of rotatable bonds is 5. The van der Waals surface area contributed by atoms with Gasteiger partial charge in [-0.15, -0.1) is 0 Å². The molecule has 0 radical (unpaired) electrons. The van der Waals surface area contributed by atoms with Crippen molar-refractivity contribution in [3.8, 4) is 0 Å². The standard InChI is InChI=1S/C16H22N4/c1-4-13(12-8-6-5-7-9-12)18-15-10-14(17)19-16(20-15)11(2)3/h5-11,13H,4H2,1-3H3,(H3,17,18,19,20). The molecule has 20 heavy (non-hydrogen) atoms. The molecule has 0 bridgehead atoms. The lowest BCUT2D eigenvalue weighted by molar-refractivity contribution is 0.732. The van der Waals surface area contributed by atoms with Gasteiger partial charge in [-0.05, 0) is 12.0 Å². The van der Waals surface area contributed by atoms with Crippen LogP contribution in [0, 0.1) is 0 Å². The van der Waals surface area contributed by atoms with Crippen LogP contribution in [-0.2, 0) is 0 Å². The van der Waals surface area contributed by atoms with E-state index in [-0.39, 0.29) is 12.0 Å². The molecule has 2 rings (SSSR count). The maximum Gasteiger partial charge on any atom is 0.135 e. The number of nitrogens with zero attached hydrogens (tertiary/aromatic N) is 2. The smallest absolute Gasteiger partial charge is 0.135 e. The van der Waals surface area contributed by atoms with Crippen LogP contribution in [0.25, 0.3) is 0 Å². The van der Waals surface area contributed by atoms with E-state index in [2.05, 4.69) is 48.2 Å². The summed E-state index contributed by atoms with van der Waals surface area (Å²) in [6.45, 7) is 6.28. The van der Waals surface area contributed by atoms with Crippen molar-refractivity contribution < 1.29 is 0 Å². The maximum atomic E-state index is 5.86. The van der Waals surface area contributed by atoms with Gasteiger partial charge in [0.05, 0.1) is 6.04 Å². The number of hydrogen-bond donors (Lipinski definition) is 2. The van der Waals surface area contributed by atoms with Gasteiger partial charge in [0.15, 0.2) is 0 Å². The van der Waals surface area contributed by atoms with Crippen LogP contribution >= 0.6 is 0 Å². The Morgan fingerprint density at radius 2 is 1.85 bits per heavy atom. The first-order valence-corrected chi connectivity index (χ1v) is 7.06. The second-order valence-corrected chi connectivity index (χ2v) is 5.21. The lowest BCUT2D eigenvalue weighted by Crippen LogP contribution is -2.13. The van der Waals surface area contributed by atoms with Gasteiger partial charge < -0.3 is 11.1 Å². The predicted octanol–water partition coefficient (Wildman–Crippen LogP) is 3.75. The number of aromatic nitrogens is 2. The molecule has 106 valence electrons. The van der Waals surface area contributed by atoms with Gasteiger partial charge in [-0.2, -0.15) is 0 Å². The molecular weight excluding hydrogens is 248 g/mol. The van der Waals surface area contributed by atoms with E-state index in [0.717, 1.165) is 18.1 Å². The fourth-order valence-electron chi connectivity index (χ4n) is 2.10. The minimum absolute atomic E-state index is 0.227. The number of nitrogens with one attached hydrogen (secondary N) is 1. The molecule has 1 heterocycles. The van der Waals surface area contributed by atoms with Gasteiger partial charge in [-0.1, -0.05) is 51.1 Å². The highest BCUT2D eigenvalue weighted by Gasteiger charge is 2.12. The Labute approximate surface area is 120 Å². The number of benzene rings is 1. The Hall–Kier alpha value is -2.10. The molecule has 0 aliphatic carbocycles. The lowest BCUT2D eigenvalue weighted by atomic mass is 10.0. The van der Waals surface area contributed by atoms with E-state index in [4.69, 9.17) is 5.73 Å². The average Bonchev–Trinajstić information content (AvgIpc) is 2.45. The van der Waals surface area contributed by atoms with Crippen LogP contribution in [0.2, 0.25) is 0 Å². The number of hydrogen-bond acceptors (Lipinski definition) is 4. The Kier molecular flexibility index (Phi) is 4.56. The van der Waals surface area contributed by atoms with E-state index in [1.54, 1.807) is 6.07 Å². The van der Waals surface area contributed by atoms with Crippen molar-refractivity contribution in [2.75, 3.05) is 11.1 Å². The van der Waals surface area contributed by atoms with Crippen molar-refractivity contribution in [3.63, 3.8) is 0 Å². The largest absolute Gasteiger partial charge is 0.384 e. The van der Waals surface area contributed by atoms with Gasteiger partial charge in [0.2, 0.25) is 0 Å². The third kappa shape index (κ3) is 3.47. The topological polar surface area (TPSA) is 63.8 Å². The SMILES string of the molecule is CCC(Nc1cc(N)nc(C(C)C)n1)c1ccccc1. The summed E-state index contributed by atoms with van der Waals surface area (Å²) in [5.74, 6) is 2.33. The first-order valence-electron chi connectivity index (χ1n) is 7.06. The van der Waals surface area contributed by atoms with Crippen LogP contribution in [0.15, 0.2) is 36.4 Å². The van der Waals surface area contributed by atoms with Crippen LogP contribution in [-0.4, -0.2) is 9.97 Å². The average molecular weight is 270 g/mol. The fourth-order valence-corrected chi connectivity index (χ4v) is 2.10. The molecule has 0 saturated carbocycles. The molecule has 0 spiro atoms. The Balaban J connectivity index is 2.24. The summed E-state index contributed by atoms with van der Waals surface area (Å²) in [4.78, 5) is 8.81. The molecule has 1 atom stereocenters. The van der Waals surface area contributed by atoms with E-state index in [0.29, 0.717) is 5.82 Å². The van der Waals surface area contributed by atoms with E-state index in [9.17, 15) is 0 Å².